The average molecular weight is 1210 g/mol. The highest BCUT2D eigenvalue weighted by atomic mass is 35.5. The molecule has 4 amide bonds. The second-order valence-corrected chi connectivity index (χ2v) is 22.5. The predicted molar refractivity (Wildman–Crippen MR) is 312 cm³/mol. The Morgan fingerprint density at radius 3 is 1.26 bits per heavy atom. The number of carbonyl (C=O) groups is 4. The SMILES string of the molecule is CCn1c(S[C@@H](C(=O)N2CCC[C@@H]2C(=O)NCCOCCOCCOCCOCCNC(=O)[C@H]2CCCN2C(=O)[C@H](Sc2nc3cc(Cl)c(Cl)cc3c(=O)n2CC)c2ccccc2)c2ccccc2)nc2cc(Cl)c(Cl)cc2c1=O. The highest BCUT2D eigenvalue weighted by molar-refractivity contribution is 8.00. The fourth-order valence-electron chi connectivity index (χ4n) is 9.52. The van der Waals surface area contributed by atoms with Gasteiger partial charge in [0.1, 0.15) is 22.6 Å². The second kappa shape index (κ2) is 29.6. The van der Waals surface area contributed by atoms with Crippen LogP contribution in [0, 0.1) is 0 Å². The van der Waals surface area contributed by atoms with Gasteiger partial charge in [-0.3, -0.25) is 37.9 Å². The van der Waals surface area contributed by atoms with Gasteiger partial charge in [-0.25, -0.2) is 9.97 Å². The molecule has 4 atom stereocenters. The molecule has 4 heterocycles. The zero-order valence-electron chi connectivity index (χ0n) is 44.2. The molecule has 2 aliphatic heterocycles. The van der Waals surface area contributed by atoms with Gasteiger partial charge in [-0.2, -0.15) is 0 Å². The van der Waals surface area contributed by atoms with E-state index >= 15 is 0 Å². The molecule has 2 saturated heterocycles. The van der Waals surface area contributed by atoms with Gasteiger partial charge >= 0.3 is 0 Å². The molecule has 0 bridgehead atoms. The Hall–Kier alpha value is -5.26. The molecular formula is C56H62Cl4N8O10S2. The molecule has 4 aromatic carbocycles. The standard InChI is InChI=1S/C56H62Cl4N8O10S2/c1-3-65-51(71)37-31-39(57)41(59)33-43(37)63-55(65)79-47(35-13-7-5-8-14-35)53(73)67-21-11-17-45(67)49(69)61-19-23-75-25-27-77-29-30-78-28-26-76-24-20-62-50(70)46-18-12-22-68(46)54(74)48(36-15-9-6-10-16-36)80-56-64-44-34-42(60)40(58)32-38(44)52(72)66(56)4-2/h5-10,13-16,31-34,45-48H,3-4,11-12,17-30H2,1-2H3,(H,61,69)(H,62,70)/t45-,46-,47-,48-/m1/s1. The zero-order chi connectivity index (χ0) is 56.7. The molecule has 2 N–H and O–H groups in total. The maximum absolute atomic E-state index is 14.4. The van der Waals surface area contributed by atoms with Crippen LogP contribution in [0.5, 0.6) is 0 Å². The quantitative estimate of drug-likeness (QED) is 0.0282. The highest BCUT2D eigenvalue weighted by Gasteiger charge is 2.40. The molecule has 0 aliphatic carbocycles. The lowest BCUT2D eigenvalue weighted by atomic mass is 10.1. The predicted octanol–water partition coefficient (Wildman–Crippen LogP) is 8.41. The van der Waals surface area contributed by atoms with Gasteiger partial charge in [-0.15, -0.1) is 0 Å². The summed E-state index contributed by atoms with van der Waals surface area (Å²) in [7, 11) is 0. The number of fused-ring (bicyclic) bond motifs is 2. The Morgan fingerprint density at radius 1 is 0.550 bits per heavy atom. The summed E-state index contributed by atoms with van der Waals surface area (Å²) in [6.45, 7) is 7.99. The number of carbonyl (C=O) groups excluding carboxylic acids is 4. The van der Waals surface area contributed by atoms with Gasteiger partial charge in [-0.05, 0) is 74.9 Å². The van der Waals surface area contributed by atoms with Crippen LogP contribution in [0.4, 0.5) is 0 Å². The summed E-state index contributed by atoms with van der Waals surface area (Å²) >= 11 is 27.4. The minimum atomic E-state index is -0.790. The van der Waals surface area contributed by atoms with E-state index < -0.39 is 22.6 Å². The Balaban J connectivity index is 0.701. The highest BCUT2D eigenvalue weighted by Crippen LogP contribution is 2.40. The lowest BCUT2D eigenvalue weighted by Crippen LogP contribution is -2.47. The molecule has 24 heteroatoms. The van der Waals surface area contributed by atoms with Crippen molar-refractivity contribution in [2.75, 3.05) is 79.0 Å². The molecule has 6 aromatic rings. The lowest BCUT2D eigenvalue weighted by Gasteiger charge is -2.28. The van der Waals surface area contributed by atoms with Crippen molar-refractivity contribution in [2.24, 2.45) is 0 Å². The number of benzene rings is 4. The molecule has 0 spiro atoms. The third kappa shape index (κ3) is 15.0. The summed E-state index contributed by atoms with van der Waals surface area (Å²) < 4.78 is 25.6. The van der Waals surface area contributed by atoms with Crippen molar-refractivity contribution in [1.82, 2.24) is 39.5 Å². The number of halogens is 4. The Bertz CT molecular complexity index is 3060. The summed E-state index contributed by atoms with van der Waals surface area (Å²) in [6, 6.07) is 23.2. The van der Waals surface area contributed by atoms with Gasteiger partial charge in [0.25, 0.3) is 11.1 Å². The number of likely N-dealkylation sites (tertiary alicyclic amines) is 2. The van der Waals surface area contributed by atoms with E-state index in [1.807, 2.05) is 74.5 Å². The van der Waals surface area contributed by atoms with E-state index in [2.05, 4.69) is 10.6 Å². The van der Waals surface area contributed by atoms with E-state index in [0.29, 0.717) is 135 Å². The lowest BCUT2D eigenvalue weighted by molar-refractivity contribution is -0.138. The molecular weight excluding hydrogens is 1150 g/mol. The second-order valence-electron chi connectivity index (χ2n) is 18.7. The summed E-state index contributed by atoms with van der Waals surface area (Å²) in [5, 5.41) is 6.62. The van der Waals surface area contributed by atoms with Crippen molar-refractivity contribution in [2.45, 2.75) is 85.5 Å². The first-order valence-electron chi connectivity index (χ1n) is 26.5. The molecule has 2 aliphatic rings. The van der Waals surface area contributed by atoms with Crippen molar-refractivity contribution >= 4 is 115 Å². The maximum Gasteiger partial charge on any atom is 0.262 e. The number of amides is 4. The normalized spacial score (nSPS) is 16.1. The first-order valence-corrected chi connectivity index (χ1v) is 29.8. The zero-order valence-corrected chi connectivity index (χ0v) is 48.9. The fourth-order valence-corrected chi connectivity index (χ4v) is 12.6. The molecule has 0 saturated carbocycles. The van der Waals surface area contributed by atoms with Crippen molar-refractivity contribution in [1.29, 1.82) is 0 Å². The number of ether oxygens (including phenoxy) is 4. The maximum atomic E-state index is 14.4. The number of aromatic nitrogens is 4. The van der Waals surface area contributed by atoms with Gasteiger partial charge in [0, 0.05) is 39.3 Å². The van der Waals surface area contributed by atoms with E-state index in [1.165, 1.54) is 21.3 Å². The minimum absolute atomic E-state index is 0.245. The number of rotatable bonds is 27. The van der Waals surface area contributed by atoms with Gasteiger partial charge in [0.05, 0.1) is 94.8 Å². The molecule has 80 heavy (non-hydrogen) atoms. The summed E-state index contributed by atoms with van der Waals surface area (Å²) in [5.74, 6) is -1.05. The minimum Gasteiger partial charge on any atom is -0.377 e. The topological polar surface area (TPSA) is 206 Å². The van der Waals surface area contributed by atoms with Crippen LogP contribution in [0.1, 0.15) is 61.2 Å². The Morgan fingerprint density at radius 2 is 0.900 bits per heavy atom. The van der Waals surface area contributed by atoms with E-state index in [9.17, 15) is 28.8 Å². The molecule has 426 valence electrons. The number of thioether (sulfide) groups is 2. The Labute approximate surface area is 491 Å². The first-order chi connectivity index (χ1) is 38.8. The molecule has 0 radical (unpaired) electrons. The number of hydrogen-bond donors (Lipinski definition) is 2. The van der Waals surface area contributed by atoms with Gasteiger partial charge in [0.15, 0.2) is 10.3 Å². The fraction of sp³-hybridized carbons (Fsp3) is 0.429. The van der Waals surface area contributed by atoms with Gasteiger partial charge in [-0.1, -0.05) is 131 Å². The first kappa shape index (κ1) is 60.8. The summed E-state index contributed by atoms with van der Waals surface area (Å²) in [4.78, 5) is 95.7. The van der Waals surface area contributed by atoms with Crippen LogP contribution in [-0.2, 0) is 51.2 Å². The van der Waals surface area contributed by atoms with Gasteiger partial charge < -0.3 is 39.4 Å². The largest absolute Gasteiger partial charge is 0.377 e. The molecule has 2 fully saturated rings. The van der Waals surface area contributed by atoms with Crippen LogP contribution < -0.4 is 21.8 Å². The molecule has 8 rings (SSSR count). The van der Waals surface area contributed by atoms with Crippen molar-refractivity contribution < 1.29 is 38.1 Å². The molecule has 18 nitrogen and oxygen atoms in total. The van der Waals surface area contributed by atoms with E-state index in [0.717, 1.165) is 23.5 Å². The smallest absolute Gasteiger partial charge is 0.262 e. The third-order valence-electron chi connectivity index (χ3n) is 13.5. The van der Waals surface area contributed by atoms with Crippen molar-refractivity contribution in [3.8, 4) is 0 Å². The molecule has 2 aromatic heterocycles. The van der Waals surface area contributed by atoms with Crippen LogP contribution in [0.2, 0.25) is 20.1 Å². The Kier molecular flexibility index (Phi) is 22.5. The van der Waals surface area contributed by atoms with E-state index in [-0.39, 0.29) is 81.1 Å². The monoisotopic (exact) mass is 1210 g/mol. The third-order valence-corrected chi connectivity index (χ3v) is 17.4. The summed E-state index contributed by atoms with van der Waals surface area (Å²) in [5.41, 5.74) is 1.57. The van der Waals surface area contributed by atoms with Crippen molar-refractivity contribution in [3.63, 3.8) is 0 Å². The summed E-state index contributed by atoms with van der Waals surface area (Å²) in [6.07, 6.45) is 2.33. The van der Waals surface area contributed by atoms with Crippen molar-refractivity contribution in [3.05, 3.63) is 137 Å². The van der Waals surface area contributed by atoms with Crippen LogP contribution in [0.25, 0.3) is 21.8 Å². The van der Waals surface area contributed by atoms with Gasteiger partial charge in [0.2, 0.25) is 23.6 Å². The van der Waals surface area contributed by atoms with Crippen LogP contribution >= 0.6 is 69.9 Å². The van der Waals surface area contributed by atoms with Crippen LogP contribution in [-0.4, -0.2) is 144 Å². The van der Waals surface area contributed by atoms with E-state index in [4.69, 9.17) is 75.3 Å². The van der Waals surface area contributed by atoms with Crippen LogP contribution in [0.3, 0.4) is 0 Å². The molecule has 0 unspecified atom stereocenters. The number of hydrogen-bond acceptors (Lipinski definition) is 14. The number of nitrogens with one attached hydrogen (secondary N) is 2. The number of nitrogens with zero attached hydrogens (tertiary/aromatic N) is 6. The van der Waals surface area contributed by atoms with Crippen LogP contribution in [0.15, 0.2) is 105 Å². The van der Waals surface area contributed by atoms with E-state index in [1.54, 1.807) is 21.9 Å². The average Bonchev–Trinajstić information content (AvgIpc) is 4.25.